The smallest absolute Gasteiger partial charge is 0.303 e. The Balaban J connectivity index is 0.000000344. The molecule has 1 rings (SSSR count). The number of nitrogen functional groups attached to an aromatic ring is 1. The molecule has 0 saturated heterocycles. The molecule has 0 unspecified atom stereocenters. The minimum atomic E-state index is -0.948. The summed E-state index contributed by atoms with van der Waals surface area (Å²) >= 11 is 0. The Morgan fingerprint density at radius 1 is 1.11 bits per heavy atom. The number of nitrogens with one attached hydrogen (secondary N) is 1. The van der Waals surface area contributed by atoms with Crippen molar-refractivity contribution in [3.63, 3.8) is 0 Å². The van der Waals surface area contributed by atoms with Crippen LogP contribution in [0.1, 0.15) is 29.6 Å². The molecule has 5 N–H and O–H groups in total. The first-order valence-electron chi connectivity index (χ1n) is 5.32. The molecule has 104 valence electrons. The Kier molecular flexibility index (Phi) is 8.29. The van der Waals surface area contributed by atoms with Crippen LogP contribution >= 0.6 is 0 Å². The number of carbonyl (C=O) groups excluding carboxylic acids is 1. The molecule has 1 heterocycles. The number of pyridine rings is 1. The van der Waals surface area contributed by atoms with Crippen LogP contribution in [0.3, 0.4) is 0 Å². The second kappa shape index (κ2) is 9.54. The van der Waals surface area contributed by atoms with E-state index < -0.39 is 11.9 Å². The van der Waals surface area contributed by atoms with Crippen molar-refractivity contribution >= 4 is 17.8 Å². The second-order valence-corrected chi connectivity index (χ2v) is 3.35. The summed E-state index contributed by atoms with van der Waals surface area (Å²) in [6.45, 7) is 0. The van der Waals surface area contributed by atoms with Crippen molar-refractivity contribution in [2.75, 3.05) is 0 Å². The van der Waals surface area contributed by atoms with Crippen LogP contribution in [-0.4, -0.2) is 33.0 Å². The Hall–Kier alpha value is -2.48. The van der Waals surface area contributed by atoms with Crippen LogP contribution in [-0.2, 0) is 9.59 Å². The highest BCUT2D eigenvalue weighted by Gasteiger charge is 2.00. The molecule has 0 saturated carbocycles. The molecule has 0 fully saturated rings. The van der Waals surface area contributed by atoms with Gasteiger partial charge in [-0.15, -0.1) is 0 Å². The van der Waals surface area contributed by atoms with Crippen molar-refractivity contribution in [2.45, 2.75) is 19.3 Å². The number of carboxylic acid groups (broad SMARTS) is 2. The average molecular weight is 269 g/mol. The van der Waals surface area contributed by atoms with Crippen molar-refractivity contribution < 1.29 is 24.6 Å². The van der Waals surface area contributed by atoms with E-state index in [1.165, 1.54) is 12.4 Å². The van der Waals surface area contributed by atoms with Gasteiger partial charge in [-0.25, -0.2) is 5.84 Å². The summed E-state index contributed by atoms with van der Waals surface area (Å²) in [5.41, 5.74) is 2.53. The third kappa shape index (κ3) is 9.24. The van der Waals surface area contributed by atoms with Gasteiger partial charge in [0.15, 0.2) is 0 Å². The van der Waals surface area contributed by atoms with E-state index in [1.807, 2.05) is 5.43 Å². The Morgan fingerprint density at radius 2 is 1.58 bits per heavy atom. The molecular formula is C11H15N3O5. The highest BCUT2D eigenvalue weighted by Crippen LogP contribution is 1.94. The Bertz CT molecular complexity index is 408. The largest absolute Gasteiger partial charge is 0.481 e. The third-order valence-corrected chi connectivity index (χ3v) is 1.85. The highest BCUT2D eigenvalue weighted by atomic mass is 16.4. The molecule has 1 aromatic rings. The maximum absolute atomic E-state index is 10.7. The van der Waals surface area contributed by atoms with Gasteiger partial charge in [-0.3, -0.25) is 24.8 Å². The minimum Gasteiger partial charge on any atom is -0.481 e. The fraction of sp³-hybridized carbons (Fsp3) is 0.273. The molecule has 0 aliphatic carbocycles. The molecule has 0 aromatic carbocycles. The van der Waals surface area contributed by atoms with Crippen molar-refractivity contribution in [3.05, 3.63) is 30.1 Å². The zero-order valence-electron chi connectivity index (χ0n) is 10.1. The number of nitrogens with two attached hydrogens (primary N) is 1. The predicted molar refractivity (Wildman–Crippen MR) is 65.0 cm³/mol. The molecule has 0 aliphatic heterocycles. The maximum atomic E-state index is 10.7. The lowest BCUT2D eigenvalue weighted by molar-refractivity contribution is -0.138. The quantitative estimate of drug-likeness (QED) is 0.335. The first kappa shape index (κ1) is 16.5. The van der Waals surface area contributed by atoms with E-state index in [4.69, 9.17) is 16.1 Å². The molecule has 8 heteroatoms. The summed E-state index contributed by atoms with van der Waals surface area (Å²) in [7, 11) is 0. The van der Waals surface area contributed by atoms with Crippen LogP contribution < -0.4 is 11.3 Å². The van der Waals surface area contributed by atoms with Crippen molar-refractivity contribution in [2.24, 2.45) is 5.84 Å². The number of amides is 1. The highest BCUT2D eigenvalue weighted by molar-refractivity contribution is 5.93. The van der Waals surface area contributed by atoms with E-state index in [2.05, 4.69) is 4.98 Å². The standard InChI is InChI=1S/C6H7N3O.C5H8O4/c7-9-6(10)5-1-3-8-4-2-5;6-4(7)2-1-3-5(8)9/h1-4H,7H2,(H,9,10);1-3H2,(H,6,7)(H,8,9). The number of carbonyl (C=O) groups is 3. The van der Waals surface area contributed by atoms with Crippen LogP contribution in [0.4, 0.5) is 0 Å². The summed E-state index contributed by atoms with van der Waals surface area (Å²) in [5.74, 6) is 2.68. The van der Waals surface area contributed by atoms with Crippen LogP contribution in [0, 0.1) is 0 Å². The monoisotopic (exact) mass is 269 g/mol. The van der Waals surface area contributed by atoms with Gasteiger partial charge in [0.1, 0.15) is 0 Å². The van der Waals surface area contributed by atoms with Crippen molar-refractivity contribution in [3.8, 4) is 0 Å². The summed E-state index contributed by atoms with van der Waals surface area (Å²) in [4.78, 5) is 34.1. The Labute approximate surface area is 109 Å². The lowest BCUT2D eigenvalue weighted by atomic mass is 10.2. The number of aliphatic carboxylic acids is 2. The molecule has 19 heavy (non-hydrogen) atoms. The second-order valence-electron chi connectivity index (χ2n) is 3.35. The molecule has 0 radical (unpaired) electrons. The zero-order valence-corrected chi connectivity index (χ0v) is 10.1. The van der Waals surface area contributed by atoms with Gasteiger partial charge in [-0.2, -0.15) is 0 Å². The molecule has 8 nitrogen and oxygen atoms in total. The van der Waals surface area contributed by atoms with Crippen molar-refractivity contribution in [1.82, 2.24) is 10.4 Å². The van der Waals surface area contributed by atoms with Crippen LogP contribution in [0.25, 0.3) is 0 Å². The topological polar surface area (TPSA) is 143 Å². The van der Waals surface area contributed by atoms with E-state index in [0.29, 0.717) is 5.56 Å². The number of rotatable bonds is 5. The summed E-state index contributed by atoms with van der Waals surface area (Å²) in [6.07, 6.45) is 3.15. The number of hydrazine groups is 1. The molecular weight excluding hydrogens is 254 g/mol. The van der Waals surface area contributed by atoms with E-state index in [0.717, 1.165) is 0 Å². The van der Waals surface area contributed by atoms with Gasteiger partial charge < -0.3 is 10.2 Å². The van der Waals surface area contributed by atoms with Gasteiger partial charge in [-0.05, 0) is 18.6 Å². The van der Waals surface area contributed by atoms with Crippen LogP contribution in [0.15, 0.2) is 24.5 Å². The minimum absolute atomic E-state index is 0.0632. The van der Waals surface area contributed by atoms with Gasteiger partial charge in [0, 0.05) is 30.8 Å². The maximum Gasteiger partial charge on any atom is 0.303 e. The summed E-state index contributed by atoms with van der Waals surface area (Å²) < 4.78 is 0. The molecule has 1 aromatic heterocycles. The zero-order chi connectivity index (χ0) is 14.7. The predicted octanol–water partition coefficient (Wildman–Crippen LogP) is 0.0110. The summed E-state index contributed by atoms with van der Waals surface area (Å²) in [6, 6.07) is 3.17. The number of hydrogen-bond donors (Lipinski definition) is 4. The fourth-order valence-corrected chi connectivity index (χ4v) is 0.977. The van der Waals surface area contributed by atoms with Crippen molar-refractivity contribution in [1.29, 1.82) is 0 Å². The normalized spacial score (nSPS) is 8.89. The van der Waals surface area contributed by atoms with E-state index >= 15 is 0 Å². The molecule has 1 amide bonds. The SMILES string of the molecule is NNC(=O)c1ccncc1.O=C(O)CCCC(=O)O. The molecule has 0 bridgehead atoms. The van der Waals surface area contributed by atoms with Gasteiger partial charge in [0.2, 0.25) is 0 Å². The van der Waals surface area contributed by atoms with Gasteiger partial charge >= 0.3 is 11.9 Å². The Morgan fingerprint density at radius 3 is 1.95 bits per heavy atom. The molecule has 0 aliphatic rings. The number of aromatic nitrogens is 1. The fourth-order valence-electron chi connectivity index (χ4n) is 0.977. The van der Waals surface area contributed by atoms with E-state index in [-0.39, 0.29) is 25.2 Å². The van der Waals surface area contributed by atoms with E-state index in [1.54, 1.807) is 12.1 Å². The van der Waals surface area contributed by atoms with Gasteiger partial charge in [0.05, 0.1) is 0 Å². The lowest BCUT2D eigenvalue weighted by Crippen LogP contribution is -2.29. The average Bonchev–Trinajstić information content (AvgIpc) is 2.38. The molecule has 0 atom stereocenters. The van der Waals surface area contributed by atoms with Crippen LogP contribution in [0.2, 0.25) is 0 Å². The first-order chi connectivity index (χ1) is 8.97. The third-order valence-electron chi connectivity index (χ3n) is 1.85. The summed E-state index contributed by atoms with van der Waals surface area (Å²) in [5, 5.41) is 16.1. The van der Waals surface area contributed by atoms with E-state index in [9.17, 15) is 14.4 Å². The lowest BCUT2D eigenvalue weighted by Gasteiger charge is -1.95. The number of nitrogens with zero attached hydrogens (tertiary/aromatic N) is 1. The number of hydrogen-bond acceptors (Lipinski definition) is 5. The first-order valence-corrected chi connectivity index (χ1v) is 5.32. The van der Waals surface area contributed by atoms with Gasteiger partial charge in [-0.1, -0.05) is 0 Å². The molecule has 0 spiro atoms. The number of carboxylic acids is 2. The van der Waals surface area contributed by atoms with Gasteiger partial charge in [0.25, 0.3) is 5.91 Å². The van der Waals surface area contributed by atoms with Crippen LogP contribution in [0.5, 0.6) is 0 Å².